The summed E-state index contributed by atoms with van der Waals surface area (Å²) in [7, 11) is 1.51. The van der Waals surface area contributed by atoms with Gasteiger partial charge in [-0.15, -0.1) is 0 Å². The Morgan fingerprint density at radius 1 is 1.46 bits per heavy atom. The lowest BCUT2D eigenvalue weighted by Gasteiger charge is -2.09. The molecule has 0 bridgehead atoms. The van der Waals surface area contributed by atoms with Crippen LogP contribution in [-0.2, 0) is 9.53 Å². The second-order valence-electron chi connectivity index (χ2n) is 3.34. The second kappa shape index (κ2) is 5.56. The summed E-state index contributed by atoms with van der Waals surface area (Å²) in [5.74, 6) is -0.0112. The van der Waals surface area contributed by atoms with E-state index in [-0.39, 0.29) is 0 Å². The summed E-state index contributed by atoms with van der Waals surface area (Å²) in [5.41, 5.74) is 0. The average Bonchev–Trinajstić information content (AvgIpc) is 2.02. The molecule has 1 N–H and O–H groups in total. The minimum absolute atomic E-state index is 0.416. The molecule has 76 valence electrons. The molecule has 0 radical (unpaired) electrons. The lowest BCUT2D eigenvalue weighted by molar-refractivity contribution is -0.138. The molecular weight excluding hydrogens is 170 g/mol. The first-order valence-corrected chi connectivity index (χ1v) is 4.30. The molecule has 1 unspecified atom stereocenters. The molecule has 0 amide bonds. The predicted molar refractivity (Wildman–Crippen MR) is 51.0 cm³/mol. The molecule has 0 spiro atoms. The van der Waals surface area contributed by atoms with Crippen LogP contribution in [0.1, 0.15) is 27.2 Å². The Kier molecular flexibility index (Phi) is 5.11. The number of aliphatic imine (C=N–C) groups is 1. The number of ether oxygens (including phenoxy) is 1. The quantitative estimate of drug-likeness (QED) is 0.536. The van der Waals surface area contributed by atoms with Crippen molar-refractivity contribution in [3.63, 3.8) is 0 Å². The molecule has 0 aliphatic carbocycles. The normalized spacial score (nSPS) is 14.4. The maximum Gasteiger partial charge on any atom is 0.328 e. The van der Waals surface area contributed by atoms with Crippen LogP contribution in [0.2, 0.25) is 0 Å². The van der Waals surface area contributed by atoms with E-state index >= 15 is 0 Å². The lowest BCUT2D eigenvalue weighted by Crippen LogP contribution is -2.17. The number of aliphatic carboxylic acids is 1. The fourth-order valence-corrected chi connectivity index (χ4v) is 0.809. The minimum Gasteiger partial charge on any atom is -0.484 e. The summed E-state index contributed by atoms with van der Waals surface area (Å²) < 4.78 is 4.97. The van der Waals surface area contributed by atoms with Crippen LogP contribution in [0.3, 0.4) is 0 Å². The Morgan fingerprint density at radius 2 is 2.00 bits per heavy atom. The first kappa shape index (κ1) is 11.9. The van der Waals surface area contributed by atoms with Crippen molar-refractivity contribution in [1.82, 2.24) is 0 Å². The summed E-state index contributed by atoms with van der Waals surface area (Å²) in [6, 6.07) is -0.728. The summed E-state index contributed by atoms with van der Waals surface area (Å²) in [6.45, 7) is 5.58. The molecule has 0 aromatic rings. The van der Waals surface area contributed by atoms with Gasteiger partial charge in [-0.1, -0.05) is 13.8 Å². The number of hydrogen-bond donors (Lipinski definition) is 1. The van der Waals surface area contributed by atoms with Crippen molar-refractivity contribution < 1.29 is 14.6 Å². The number of rotatable bonds is 4. The van der Waals surface area contributed by atoms with Gasteiger partial charge in [-0.25, -0.2) is 9.79 Å². The highest BCUT2D eigenvalue weighted by molar-refractivity contribution is 5.81. The minimum atomic E-state index is -0.932. The number of nitrogens with zero attached hydrogens (tertiary/aromatic N) is 1. The van der Waals surface area contributed by atoms with E-state index in [0.29, 0.717) is 18.2 Å². The van der Waals surface area contributed by atoms with Crippen molar-refractivity contribution in [3.05, 3.63) is 0 Å². The molecule has 0 aliphatic rings. The Hall–Kier alpha value is -1.06. The number of carbonyl (C=O) groups is 1. The standard InChI is InChI=1S/C9H17NO3/c1-6(2)5-8(13-4)10-7(3)9(11)12/h6-7H,5H2,1-4H3,(H,11,12). The monoisotopic (exact) mass is 187 g/mol. The fraction of sp³-hybridized carbons (Fsp3) is 0.778. The third-order valence-electron chi connectivity index (χ3n) is 1.51. The smallest absolute Gasteiger partial charge is 0.328 e. The topological polar surface area (TPSA) is 58.9 Å². The van der Waals surface area contributed by atoms with Crippen LogP contribution in [0.4, 0.5) is 0 Å². The Labute approximate surface area is 78.6 Å². The highest BCUT2D eigenvalue weighted by atomic mass is 16.5. The van der Waals surface area contributed by atoms with E-state index in [2.05, 4.69) is 4.99 Å². The zero-order valence-corrected chi connectivity index (χ0v) is 8.57. The molecule has 0 saturated heterocycles. The molecule has 0 aromatic carbocycles. The van der Waals surface area contributed by atoms with E-state index < -0.39 is 12.0 Å². The second-order valence-corrected chi connectivity index (χ2v) is 3.34. The molecular formula is C9H17NO3. The third kappa shape index (κ3) is 5.22. The highest BCUT2D eigenvalue weighted by Gasteiger charge is 2.11. The number of methoxy groups -OCH3 is 1. The number of carboxylic acids is 1. The van der Waals surface area contributed by atoms with Crippen molar-refractivity contribution in [1.29, 1.82) is 0 Å². The van der Waals surface area contributed by atoms with E-state index in [4.69, 9.17) is 9.84 Å². The van der Waals surface area contributed by atoms with Gasteiger partial charge in [0.05, 0.1) is 7.11 Å². The zero-order valence-electron chi connectivity index (χ0n) is 8.57. The van der Waals surface area contributed by atoms with Crippen LogP contribution in [0, 0.1) is 5.92 Å². The first-order valence-electron chi connectivity index (χ1n) is 4.30. The van der Waals surface area contributed by atoms with Gasteiger partial charge in [0.15, 0.2) is 5.90 Å². The van der Waals surface area contributed by atoms with Gasteiger partial charge in [-0.3, -0.25) is 0 Å². The molecule has 13 heavy (non-hydrogen) atoms. The summed E-state index contributed by atoms with van der Waals surface area (Å²) in [6.07, 6.45) is 0.675. The Morgan fingerprint density at radius 3 is 2.31 bits per heavy atom. The van der Waals surface area contributed by atoms with Crippen molar-refractivity contribution in [2.75, 3.05) is 7.11 Å². The van der Waals surface area contributed by atoms with Gasteiger partial charge in [-0.2, -0.15) is 0 Å². The molecule has 4 heteroatoms. The zero-order chi connectivity index (χ0) is 10.4. The van der Waals surface area contributed by atoms with Crippen molar-refractivity contribution in [2.45, 2.75) is 33.2 Å². The van der Waals surface area contributed by atoms with Gasteiger partial charge in [0.2, 0.25) is 0 Å². The fourth-order valence-electron chi connectivity index (χ4n) is 0.809. The molecule has 0 rings (SSSR count). The average molecular weight is 187 g/mol. The van der Waals surface area contributed by atoms with Crippen LogP contribution in [0.15, 0.2) is 4.99 Å². The first-order chi connectivity index (χ1) is 5.97. The maximum absolute atomic E-state index is 10.5. The highest BCUT2D eigenvalue weighted by Crippen LogP contribution is 2.04. The molecule has 0 aromatic heterocycles. The van der Waals surface area contributed by atoms with Gasteiger partial charge in [0.1, 0.15) is 6.04 Å². The summed E-state index contributed by atoms with van der Waals surface area (Å²) >= 11 is 0. The van der Waals surface area contributed by atoms with Crippen molar-refractivity contribution >= 4 is 11.9 Å². The molecule has 0 saturated carbocycles. The number of hydrogen-bond acceptors (Lipinski definition) is 3. The predicted octanol–water partition coefficient (Wildman–Crippen LogP) is 1.55. The van der Waals surface area contributed by atoms with E-state index in [1.807, 2.05) is 13.8 Å². The van der Waals surface area contributed by atoms with Gasteiger partial charge in [-0.05, 0) is 12.8 Å². The lowest BCUT2D eigenvalue weighted by atomic mass is 10.1. The van der Waals surface area contributed by atoms with Gasteiger partial charge in [0.25, 0.3) is 0 Å². The van der Waals surface area contributed by atoms with E-state index in [0.717, 1.165) is 0 Å². The van der Waals surface area contributed by atoms with Crippen molar-refractivity contribution in [3.8, 4) is 0 Å². The van der Waals surface area contributed by atoms with Crippen LogP contribution < -0.4 is 0 Å². The van der Waals surface area contributed by atoms with Gasteiger partial charge >= 0.3 is 5.97 Å². The van der Waals surface area contributed by atoms with Crippen molar-refractivity contribution in [2.24, 2.45) is 10.9 Å². The van der Waals surface area contributed by atoms with Crippen LogP contribution >= 0.6 is 0 Å². The summed E-state index contributed by atoms with van der Waals surface area (Å²) in [5, 5.41) is 8.60. The number of carboxylic acid groups (broad SMARTS) is 1. The van der Waals surface area contributed by atoms with Crippen LogP contribution in [0.5, 0.6) is 0 Å². The molecule has 0 heterocycles. The van der Waals surface area contributed by atoms with E-state index in [1.165, 1.54) is 14.0 Å². The molecule has 4 nitrogen and oxygen atoms in total. The van der Waals surface area contributed by atoms with E-state index in [1.54, 1.807) is 0 Å². The Balaban J connectivity index is 4.28. The van der Waals surface area contributed by atoms with E-state index in [9.17, 15) is 4.79 Å². The largest absolute Gasteiger partial charge is 0.484 e. The maximum atomic E-state index is 10.5. The third-order valence-corrected chi connectivity index (χ3v) is 1.51. The molecule has 0 fully saturated rings. The van der Waals surface area contributed by atoms with Crippen LogP contribution in [0.25, 0.3) is 0 Å². The molecule has 0 aliphatic heterocycles. The molecule has 1 atom stereocenters. The SMILES string of the molecule is COC(CC(C)C)=NC(C)C(=O)O. The van der Waals surface area contributed by atoms with Gasteiger partial charge in [0, 0.05) is 6.42 Å². The summed E-state index contributed by atoms with van der Waals surface area (Å²) in [4.78, 5) is 14.4. The van der Waals surface area contributed by atoms with Gasteiger partial charge < -0.3 is 9.84 Å². The Bertz CT molecular complexity index is 199. The van der Waals surface area contributed by atoms with Crippen LogP contribution in [-0.4, -0.2) is 30.1 Å².